The lowest BCUT2D eigenvalue weighted by Crippen LogP contribution is -1.98. The first kappa shape index (κ1) is 11.3. The van der Waals surface area contributed by atoms with Crippen molar-refractivity contribution >= 4 is 5.97 Å². The molecule has 0 aromatic rings. The van der Waals surface area contributed by atoms with E-state index in [1.54, 1.807) is 6.92 Å². The summed E-state index contributed by atoms with van der Waals surface area (Å²) in [5.74, 6) is -0.347. The number of hydrogen-bond acceptors (Lipinski definition) is 4. The van der Waals surface area contributed by atoms with Gasteiger partial charge in [0, 0.05) is 5.57 Å². The highest BCUT2D eigenvalue weighted by molar-refractivity contribution is 5.86. The third kappa shape index (κ3) is 9.71. The Bertz CT molecular complexity index is 157. The van der Waals surface area contributed by atoms with Crippen LogP contribution in [0.15, 0.2) is 12.2 Å². The minimum Gasteiger partial charge on any atom is -0.466 e. The van der Waals surface area contributed by atoms with E-state index in [4.69, 9.17) is 10.4 Å². The zero-order chi connectivity index (χ0) is 8.57. The maximum absolute atomic E-state index is 10.2. The molecule has 4 heteroatoms. The fraction of sp³-hybridized carbons (Fsp3) is 0.333. The van der Waals surface area contributed by atoms with E-state index in [-0.39, 0.29) is 5.97 Å². The number of hydrogen-bond donors (Lipinski definition) is 1. The van der Waals surface area contributed by atoms with Crippen molar-refractivity contribution < 1.29 is 14.6 Å². The van der Waals surface area contributed by atoms with Gasteiger partial charge in [-0.3, -0.25) is 0 Å². The lowest BCUT2D eigenvalue weighted by molar-refractivity contribution is -0.136. The molecule has 0 unspecified atom stereocenters. The molecule has 0 radical (unpaired) electrons. The van der Waals surface area contributed by atoms with Gasteiger partial charge in [0.2, 0.25) is 0 Å². The second kappa shape index (κ2) is 7.50. The average Bonchev–Trinajstić information content (AvgIpc) is 1.88. The zero-order valence-corrected chi connectivity index (χ0v) is 5.92. The number of rotatable bonds is 1. The molecule has 0 saturated carbocycles. The molecule has 0 saturated heterocycles. The van der Waals surface area contributed by atoms with Gasteiger partial charge in [-0.15, -0.1) is 0 Å². The normalized spacial score (nSPS) is 6.10. The first-order valence-electron chi connectivity index (χ1n) is 2.37. The molecule has 0 aromatic heterocycles. The summed E-state index contributed by atoms with van der Waals surface area (Å²) < 4.78 is 4.27. The molecule has 0 aliphatic carbocycles. The molecular formula is C6H9NO3. The topological polar surface area (TPSA) is 70.3 Å². The summed E-state index contributed by atoms with van der Waals surface area (Å²) in [6.07, 6.45) is 0.750. The van der Waals surface area contributed by atoms with Crippen molar-refractivity contribution in [1.29, 1.82) is 5.26 Å². The van der Waals surface area contributed by atoms with E-state index in [1.807, 2.05) is 0 Å². The number of nitrogens with zero attached hydrogens (tertiary/aromatic N) is 1. The molecule has 0 aliphatic rings. The van der Waals surface area contributed by atoms with Crippen LogP contribution in [0.25, 0.3) is 0 Å². The Hall–Kier alpha value is -1.50. The van der Waals surface area contributed by atoms with Gasteiger partial charge in [-0.1, -0.05) is 6.58 Å². The summed E-state index contributed by atoms with van der Waals surface area (Å²) in [6, 6.07) is 0. The van der Waals surface area contributed by atoms with Crippen LogP contribution in [0.1, 0.15) is 6.92 Å². The maximum Gasteiger partial charge on any atom is 0.332 e. The molecule has 0 amide bonds. The molecule has 56 valence electrons. The average molecular weight is 143 g/mol. The van der Waals surface area contributed by atoms with Crippen LogP contribution in [0.2, 0.25) is 0 Å². The molecule has 0 aliphatic heterocycles. The lowest BCUT2D eigenvalue weighted by atomic mass is 10.4. The molecule has 1 N–H and O–H groups in total. The van der Waals surface area contributed by atoms with Gasteiger partial charge >= 0.3 is 5.97 Å². The van der Waals surface area contributed by atoms with E-state index < -0.39 is 0 Å². The molecule has 0 atom stereocenters. The van der Waals surface area contributed by atoms with Gasteiger partial charge in [0.1, 0.15) is 0 Å². The quantitative estimate of drug-likeness (QED) is 0.331. The summed E-state index contributed by atoms with van der Waals surface area (Å²) in [7, 11) is 1.33. The number of esters is 1. The largest absolute Gasteiger partial charge is 0.466 e. The fourth-order valence-corrected chi connectivity index (χ4v) is 0.174. The molecule has 0 aromatic carbocycles. The summed E-state index contributed by atoms with van der Waals surface area (Å²) in [5, 5.41) is 13.8. The summed E-state index contributed by atoms with van der Waals surface area (Å²) >= 11 is 0. The SMILES string of the molecule is C=C(C)C(=O)OC.N#CO. The molecular weight excluding hydrogens is 134 g/mol. The van der Waals surface area contributed by atoms with E-state index >= 15 is 0 Å². The third-order valence-electron chi connectivity index (χ3n) is 0.534. The van der Waals surface area contributed by atoms with Gasteiger partial charge < -0.3 is 9.84 Å². The third-order valence-corrected chi connectivity index (χ3v) is 0.534. The van der Waals surface area contributed by atoms with Crippen LogP contribution in [0.3, 0.4) is 0 Å². The summed E-state index contributed by atoms with van der Waals surface area (Å²) in [6.45, 7) is 4.95. The Balaban J connectivity index is 0. The Morgan fingerprint density at radius 3 is 2.10 bits per heavy atom. The number of methoxy groups -OCH3 is 1. The van der Waals surface area contributed by atoms with Crippen LogP contribution in [0, 0.1) is 11.5 Å². The molecule has 0 bridgehead atoms. The van der Waals surface area contributed by atoms with Crippen molar-refractivity contribution in [2.24, 2.45) is 0 Å². The van der Waals surface area contributed by atoms with Gasteiger partial charge in [0.15, 0.2) is 0 Å². The maximum atomic E-state index is 10.2. The van der Waals surface area contributed by atoms with Crippen molar-refractivity contribution in [2.45, 2.75) is 6.92 Å². The summed E-state index contributed by atoms with van der Waals surface area (Å²) in [5.41, 5.74) is 0.433. The van der Waals surface area contributed by atoms with Crippen LogP contribution < -0.4 is 0 Å². The summed E-state index contributed by atoms with van der Waals surface area (Å²) in [4.78, 5) is 10.2. The number of ether oxygens (including phenoxy) is 1. The van der Waals surface area contributed by atoms with Crippen LogP contribution >= 0.6 is 0 Å². The second-order valence-corrected chi connectivity index (χ2v) is 1.37. The minimum atomic E-state index is -0.347. The van der Waals surface area contributed by atoms with Crippen molar-refractivity contribution in [2.75, 3.05) is 7.11 Å². The molecule has 10 heavy (non-hydrogen) atoms. The van der Waals surface area contributed by atoms with Gasteiger partial charge in [-0.05, 0) is 6.92 Å². The van der Waals surface area contributed by atoms with Crippen molar-refractivity contribution in [3.8, 4) is 6.26 Å². The Labute approximate surface area is 59.3 Å². The van der Waals surface area contributed by atoms with E-state index in [2.05, 4.69) is 11.3 Å². The highest BCUT2D eigenvalue weighted by Crippen LogP contribution is 1.87. The molecule has 0 rings (SSSR count). The van der Waals surface area contributed by atoms with Crippen LogP contribution in [-0.2, 0) is 9.53 Å². The van der Waals surface area contributed by atoms with Crippen molar-refractivity contribution in [3.05, 3.63) is 12.2 Å². The highest BCUT2D eigenvalue weighted by atomic mass is 16.5. The number of nitriles is 1. The fourth-order valence-electron chi connectivity index (χ4n) is 0.174. The van der Waals surface area contributed by atoms with E-state index in [0.29, 0.717) is 5.57 Å². The number of carbonyl (C=O) groups excluding carboxylic acids is 1. The van der Waals surface area contributed by atoms with E-state index in [0.717, 1.165) is 6.26 Å². The number of aliphatic hydroxyl groups excluding tert-OH is 1. The predicted molar refractivity (Wildman–Crippen MR) is 34.4 cm³/mol. The number of aliphatic hydroxyl groups is 1. The zero-order valence-electron chi connectivity index (χ0n) is 5.92. The van der Waals surface area contributed by atoms with Gasteiger partial charge in [-0.25, -0.2) is 4.79 Å². The smallest absolute Gasteiger partial charge is 0.332 e. The van der Waals surface area contributed by atoms with Crippen molar-refractivity contribution in [1.82, 2.24) is 0 Å². The molecule has 0 fully saturated rings. The van der Waals surface area contributed by atoms with E-state index in [1.165, 1.54) is 7.11 Å². The lowest BCUT2D eigenvalue weighted by Gasteiger charge is -1.91. The van der Waals surface area contributed by atoms with Gasteiger partial charge in [0.05, 0.1) is 7.11 Å². The standard InChI is InChI=1S/C5H8O2.CHNO/c1-4(2)5(6)7-3;2-1-3/h1H2,2-3H3;3H. The monoisotopic (exact) mass is 143 g/mol. The van der Waals surface area contributed by atoms with Crippen LogP contribution in [-0.4, -0.2) is 18.2 Å². The molecule has 4 nitrogen and oxygen atoms in total. The number of carbonyl (C=O) groups is 1. The Morgan fingerprint density at radius 1 is 1.80 bits per heavy atom. The Kier molecular flexibility index (Phi) is 8.49. The van der Waals surface area contributed by atoms with Crippen LogP contribution in [0.4, 0.5) is 0 Å². The van der Waals surface area contributed by atoms with Crippen LogP contribution in [0.5, 0.6) is 0 Å². The van der Waals surface area contributed by atoms with E-state index in [9.17, 15) is 4.79 Å². The van der Waals surface area contributed by atoms with Crippen molar-refractivity contribution in [3.63, 3.8) is 0 Å². The predicted octanol–water partition coefficient (Wildman–Crippen LogP) is 0.575. The first-order valence-corrected chi connectivity index (χ1v) is 2.37. The minimum absolute atomic E-state index is 0.347. The van der Waals surface area contributed by atoms with Gasteiger partial charge in [0.25, 0.3) is 6.26 Å². The first-order chi connectivity index (χ1) is 4.59. The second-order valence-electron chi connectivity index (χ2n) is 1.37. The Morgan fingerprint density at radius 2 is 2.10 bits per heavy atom. The molecule has 0 spiro atoms. The highest BCUT2D eigenvalue weighted by Gasteiger charge is 1.95. The van der Waals surface area contributed by atoms with Gasteiger partial charge in [-0.2, -0.15) is 5.26 Å². The molecule has 0 heterocycles.